The highest BCUT2D eigenvalue weighted by Crippen LogP contribution is 2.26. The van der Waals surface area contributed by atoms with Gasteiger partial charge in [0, 0.05) is 0 Å². The average Bonchev–Trinajstić information content (AvgIpc) is 2.56. The van der Waals surface area contributed by atoms with Crippen LogP contribution in [0.25, 0.3) is 0 Å². The predicted octanol–water partition coefficient (Wildman–Crippen LogP) is 0.871. The molecule has 1 heterocycles. The molecule has 102 valence electrons. The van der Waals surface area contributed by atoms with Crippen LogP contribution in [0.3, 0.4) is 0 Å². The highest BCUT2D eigenvalue weighted by molar-refractivity contribution is 14.1. The molecule has 9 heteroatoms. The third kappa shape index (κ3) is 3.13. The van der Waals surface area contributed by atoms with Crippen LogP contribution in [-0.4, -0.2) is 43.0 Å². The molecule has 0 radical (unpaired) electrons. The Morgan fingerprint density at radius 3 is 2.44 bits per heavy atom. The van der Waals surface area contributed by atoms with Crippen molar-refractivity contribution in [3.8, 4) is 5.88 Å². The Labute approximate surface area is 119 Å². The highest BCUT2D eigenvalue weighted by atomic mass is 127. The van der Waals surface area contributed by atoms with Crippen molar-refractivity contribution in [1.29, 1.82) is 0 Å². The lowest BCUT2D eigenvalue weighted by atomic mass is 10.3. The summed E-state index contributed by atoms with van der Waals surface area (Å²) in [7, 11) is -3.64. The number of hydrogen-bond acceptors (Lipinski definition) is 6. The molecule has 0 atom stereocenters. The molecular weight excluding hydrogens is 375 g/mol. The van der Waals surface area contributed by atoms with Crippen molar-refractivity contribution < 1.29 is 22.7 Å². The molecule has 0 amide bonds. The van der Waals surface area contributed by atoms with Gasteiger partial charge in [-0.05, 0) is 36.4 Å². The van der Waals surface area contributed by atoms with Crippen LogP contribution in [0, 0.1) is 3.70 Å². The summed E-state index contributed by atoms with van der Waals surface area (Å²) in [6.45, 7) is 3.74. The minimum absolute atomic E-state index is 0.0322. The van der Waals surface area contributed by atoms with E-state index < -0.39 is 16.0 Å². The van der Waals surface area contributed by atoms with Crippen molar-refractivity contribution in [2.45, 2.75) is 13.8 Å². The zero-order chi connectivity index (χ0) is 13.9. The number of carbonyl (C=O) groups excluding carboxylic acids is 1. The second-order valence-corrected chi connectivity index (χ2v) is 6.06. The molecule has 0 spiro atoms. The molecular formula is C9H13IN2O5S. The van der Waals surface area contributed by atoms with Gasteiger partial charge in [-0.2, -0.15) is 0 Å². The lowest BCUT2D eigenvalue weighted by Gasteiger charge is -2.07. The van der Waals surface area contributed by atoms with E-state index in [-0.39, 0.29) is 28.4 Å². The molecule has 0 saturated heterocycles. The fourth-order valence-corrected chi connectivity index (χ4v) is 2.71. The zero-order valence-electron chi connectivity index (χ0n) is 10.1. The van der Waals surface area contributed by atoms with E-state index in [0.717, 1.165) is 6.26 Å². The average molecular weight is 388 g/mol. The maximum absolute atomic E-state index is 11.7. The second-order valence-electron chi connectivity index (χ2n) is 3.23. The van der Waals surface area contributed by atoms with Crippen LogP contribution in [-0.2, 0) is 14.8 Å². The lowest BCUT2D eigenvalue weighted by molar-refractivity contribution is 0.0520. The molecule has 7 nitrogen and oxygen atoms in total. The van der Waals surface area contributed by atoms with Crippen LogP contribution >= 0.6 is 22.6 Å². The Morgan fingerprint density at radius 2 is 2.00 bits per heavy atom. The third-order valence-electron chi connectivity index (χ3n) is 1.85. The number of rotatable bonds is 5. The van der Waals surface area contributed by atoms with Gasteiger partial charge in [0.15, 0.2) is 5.56 Å². The fourth-order valence-electron chi connectivity index (χ4n) is 1.22. The van der Waals surface area contributed by atoms with Crippen molar-refractivity contribution in [3.05, 3.63) is 9.26 Å². The van der Waals surface area contributed by atoms with Crippen LogP contribution in [0.15, 0.2) is 0 Å². The predicted molar refractivity (Wildman–Crippen MR) is 72.3 cm³/mol. The van der Waals surface area contributed by atoms with Gasteiger partial charge < -0.3 is 9.47 Å². The fraction of sp³-hybridized carbons (Fsp3) is 0.556. The monoisotopic (exact) mass is 388 g/mol. The Bertz CT molecular complexity index is 552. The van der Waals surface area contributed by atoms with E-state index >= 15 is 0 Å². The number of aromatic nitrogens is 2. The quantitative estimate of drug-likeness (QED) is 0.550. The van der Waals surface area contributed by atoms with E-state index in [2.05, 4.69) is 5.10 Å². The van der Waals surface area contributed by atoms with Gasteiger partial charge in [-0.3, -0.25) is 0 Å². The van der Waals surface area contributed by atoms with Gasteiger partial charge >= 0.3 is 5.97 Å². The number of carbonyl (C=O) groups is 1. The second kappa shape index (κ2) is 5.87. The normalized spacial score (nSPS) is 11.3. The van der Waals surface area contributed by atoms with E-state index in [0.29, 0.717) is 4.09 Å². The number of ether oxygens (including phenoxy) is 2. The van der Waals surface area contributed by atoms with Crippen LogP contribution in [0.5, 0.6) is 5.88 Å². The third-order valence-corrected chi connectivity index (χ3v) is 3.48. The summed E-state index contributed by atoms with van der Waals surface area (Å²) in [5.74, 6) is -0.761. The molecule has 1 rings (SSSR count). The molecule has 0 saturated carbocycles. The molecule has 18 heavy (non-hydrogen) atoms. The van der Waals surface area contributed by atoms with Gasteiger partial charge in [0.2, 0.25) is 5.88 Å². The van der Waals surface area contributed by atoms with Crippen LogP contribution < -0.4 is 4.74 Å². The molecule has 0 fully saturated rings. The SMILES string of the molecule is CCOC(=O)c1c(I)nn(S(C)(=O)=O)c1OCC. The Kier molecular flexibility index (Phi) is 4.96. The molecule has 0 aliphatic heterocycles. The maximum Gasteiger partial charge on any atom is 0.346 e. The summed E-state index contributed by atoms with van der Waals surface area (Å²) < 4.78 is 34.0. The van der Waals surface area contributed by atoms with Crippen molar-refractivity contribution in [2.24, 2.45) is 0 Å². The summed E-state index contributed by atoms with van der Waals surface area (Å²) in [5.41, 5.74) is 0.0322. The molecule has 0 bridgehead atoms. The molecule has 0 unspecified atom stereocenters. The topological polar surface area (TPSA) is 87.5 Å². The molecule has 0 aliphatic carbocycles. The van der Waals surface area contributed by atoms with Crippen molar-refractivity contribution >= 4 is 38.6 Å². The summed E-state index contributed by atoms with van der Waals surface area (Å²) >= 11 is 1.76. The van der Waals surface area contributed by atoms with E-state index in [1.54, 1.807) is 36.4 Å². The molecule has 0 aliphatic rings. The Hall–Kier alpha value is -0.840. The Balaban J connectivity index is 3.42. The smallest absolute Gasteiger partial charge is 0.346 e. The van der Waals surface area contributed by atoms with E-state index in [1.165, 1.54) is 0 Å². The van der Waals surface area contributed by atoms with Gasteiger partial charge in [-0.25, -0.2) is 13.2 Å². The first-order valence-corrected chi connectivity index (χ1v) is 8.04. The molecule has 0 aromatic carbocycles. The lowest BCUT2D eigenvalue weighted by Crippen LogP contribution is -2.15. The first-order valence-electron chi connectivity index (χ1n) is 5.11. The van der Waals surface area contributed by atoms with Gasteiger partial charge in [0.1, 0.15) is 3.70 Å². The van der Waals surface area contributed by atoms with Gasteiger partial charge in [-0.1, -0.05) is 0 Å². The first-order chi connectivity index (χ1) is 8.32. The molecule has 0 N–H and O–H groups in total. The summed E-state index contributed by atoms with van der Waals surface area (Å²) in [4.78, 5) is 11.7. The number of halogens is 1. The standard InChI is InChI=1S/C9H13IN2O5S/c1-4-16-8-6(9(13)17-5-2)7(10)11-12(8)18(3,14)15/h4-5H2,1-3H3. The number of nitrogens with zero attached hydrogens (tertiary/aromatic N) is 2. The van der Waals surface area contributed by atoms with E-state index in [9.17, 15) is 13.2 Å². The summed E-state index contributed by atoms with van der Waals surface area (Å²) in [5, 5.41) is 3.79. The minimum Gasteiger partial charge on any atom is -0.477 e. The van der Waals surface area contributed by atoms with Crippen LogP contribution in [0.4, 0.5) is 0 Å². The number of esters is 1. The van der Waals surface area contributed by atoms with E-state index in [4.69, 9.17) is 9.47 Å². The minimum atomic E-state index is -3.64. The van der Waals surface area contributed by atoms with Crippen molar-refractivity contribution in [1.82, 2.24) is 9.19 Å². The van der Waals surface area contributed by atoms with E-state index in [1.807, 2.05) is 0 Å². The largest absolute Gasteiger partial charge is 0.477 e. The zero-order valence-corrected chi connectivity index (χ0v) is 13.1. The van der Waals surface area contributed by atoms with Gasteiger partial charge in [0.25, 0.3) is 10.0 Å². The van der Waals surface area contributed by atoms with Crippen LogP contribution in [0.1, 0.15) is 24.2 Å². The van der Waals surface area contributed by atoms with Gasteiger partial charge in [0.05, 0.1) is 19.5 Å². The maximum atomic E-state index is 11.7. The summed E-state index contributed by atoms with van der Waals surface area (Å²) in [6.07, 6.45) is 0.980. The molecule has 1 aromatic heterocycles. The van der Waals surface area contributed by atoms with Crippen molar-refractivity contribution in [3.63, 3.8) is 0 Å². The highest BCUT2D eigenvalue weighted by Gasteiger charge is 2.28. The Morgan fingerprint density at radius 1 is 1.39 bits per heavy atom. The van der Waals surface area contributed by atoms with Gasteiger partial charge in [-0.15, -0.1) is 9.19 Å². The first kappa shape index (κ1) is 15.2. The summed E-state index contributed by atoms with van der Waals surface area (Å²) in [6, 6.07) is 0. The van der Waals surface area contributed by atoms with Crippen molar-refractivity contribution in [2.75, 3.05) is 19.5 Å². The number of hydrogen-bond donors (Lipinski definition) is 0. The van der Waals surface area contributed by atoms with Crippen LogP contribution in [0.2, 0.25) is 0 Å². The molecule has 1 aromatic rings.